The van der Waals surface area contributed by atoms with Crippen molar-refractivity contribution in [3.05, 3.63) is 22.3 Å². The van der Waals surface area contributed by atoms with Crippen molar-refractivity contribution in [3.8, 4) is 0 Å². The van der Waals surface area contributed by atoms with Gasteiger partial charge in [0.05, 0.1) is 74.8 Å². The highest BCUT2D eigenvalue weighted by atomic mass is 16.6. The Hall–Kier alpha value is -2.68. The van der Waals surface area contributed by atoms with Gasteiger partial charge >= 0.3 is 23.9 Å². The summed E-state index contributed by atoms with van der Waals surface area (Å²) in [7, 11) is 4.61. The second kappa shape index (κ2) is 5.99. The highest BCUT2D eigenvalue weighted by molar-refractivity contribution is 6.11. The Balaban J connectivity index is 2.27. The molecule has 25 heavy (non-hydrogen) atoms. The molecule has 2 atom stereocenters. The van der Waals surface area contributed by atoms with E-state index in [1.807, 2.05) is 0 Å². The molecule has 2 bridgehead atoms. The van der Waals surface area contributed by atoms with E-state index in [0.717, 1.165) is 28.4 Å². The van der Waals surface area contributed by atoms with E-state index in [4.69, 9.17) is 23.7 Å². The zero-order valence-corrected chi connectivity index (χ0v) is 14.0. The molecule has 0 aromatic carbocycles. The highest BCUT2D eigenvalue weighted by Gasteiger charge is 2.67. The Kier molecular flexibility index (Phi) is 4.11. The van der Waals surface area contributed by atoms with E-state index in [-0.39, 0.29) is 22.3 Å². The summed E-state index contributed by atoms with van der Waals surface area (Å²) in [5.74, 6) is -5.11. The third-order valence-corrected chi connectivity index (χ3v) is 4.66. The predicted molar refractivity (Wildman–Crippen MR) is 77.8 cm³/mol. The van der Waals surface area contributed by atoms with Crippen LogP contribution in [0.1, 0.15) is 0 Å². The van der Waals surface area contributed by atoms with Crippen molar-refractivity contribution < 1.29 is 42.9 Å². The number of rotatable bonds is 4. The van der Waals surface area contributed by atoms with Crippen molar-refractivity contribution in [3.63, 3.8) is 0 Å². The first-order chi connectivity index (χ1) is 11.9. The Morgan fingerprint density at radius 2 is 0.840 bits per heavy atom. The van der Waals surface area contributed by atoms with Crippen LogP contribution in [0.2, 0.25) is 0 Å². The molecule has 134 valence electrons. The SMILES string of the molecule is COC(=O)C1=C(C(=O)OC)C2C(C(=O)OC)=C(C(=O)OC)C1[C@H]1O[C@@H]21. The van der Waals surface area contributed by atoms with Crippen LogP contribution in [0.3, 0.4) is 0 Å². The van der Waals surface area contributed by atoms with Gasteiger partial charge in [-0.25, -0.2) is 19.2 Å². The van der Waals surface area contributed by atoms with Gasteiger partial charge in [-0.3, -0.25) is 0 Å². The molecule has 0 aromatic heterocycles. The largest absolute Gasteiger partial charge is 0.466 e. The Morgan fingerprint density at radius 1 is 0.600 bits per heavy atom. The van der Waals surface area contributed by atoms with Crippen molar-refractivity contribution in [2.24, 2.45) is 11.8 Å². The number of ether oxygens (including phenoxy) is 5. The average molecular weight is 352 g/mol. The van der Waals surface area contributed by atoms with Crippen molar-refractivity contribution in [1.82, 2.24) is 0 Å². The van der Waals surface area contributed by atoms with Crippen LogP contribution in [0.4, 0.5) is 0 Å². The zero-order chi connectivity index (χ0) is 18.5. The van der Waals surface area contributed by atoms with Gasteiger partial charge in [0.2, 0.25) is 0 Å². The molecule has 0 N–H and O–H groups in total. The Labute approximate surface area is 142 Å². The van der Waals surface area contributed by atoms with E-state index >= 15 is 0 Å². The molecule has 1 saturated heterocycles. The minimum absolute atomic E-state index is 0.0499. The zero-order valence-electron chi connectivity index (χ0n) is 14.0. The van der Waals surface area contributed by atoms with E-state index in [2.05, 4.69) is 0 Å². The van der Waals surface area contributed by atoms with Gasteiger partial charge in [-0.1, -0.05) is 0 Å². The minimum atomic E-state index is -0.960. The maximum atomic E-state index is 12.3. The van der Waals surface area contributed by atoms with Crippen LogP contribution in [-0.4, -0.2) is 64.5 Å². The molecular formula is C16H16O9. The van der Waals surface area contributed by atoms with Crippen LogP contribution >= 0.6 is 0 Å². The van der Waals surface area contributed by atoms with Gasteiger partial charge in [-0.15, -0.1) is 0 Å². The summed E-state index contributed by atoms with van der Waals surface area (Å²) in [5.41, 5.74) is -0.199. The number of methoxy groups -OCH3 is 4. The van der Waals surface area contributed by atoms with E-state index < -0.39 is 47.9 Å². The second-order valence-corrected chi connectivity index (χ2v) is 5.64. The third kappa shape index (κ3) is 2.26. The maximum Gasteiger partial charge on any atom is 0.335 e. The molecule has 3 aliphatic carbocycles. The summed E-state index contributed by atoms with van der Waals surface area (Å²) in [5, 5.41) is 0. The fourth-order valence-corrected chi connectivity index (χ4v) is 3.68. The molecule has 0 unspecified atom stereocenters. The standard InChI is InChI=1S/C16H16O9/c1-21-13(17)7-5-9(15(19)23-3)10(16(20)24-4)6(12-11(5)25-12)8(7)14(18)22-2/h5-6,11-12H,1-4H3/t5?,6?,11-,12+. The first-order valence-corrected chi connectivity index (χ1v) is 7.39. The summed E-state index contributed by atoms with van der Waals surface area (Å²) in [6.07, 6.45) is -1.04. The van der Waals surface area contributed by atoms with Gasteiger partial charge in [0, 0.05) is 0 Å². The highest BCUT2D eigenvalue weighted by Crippen LogP contribution is 2.58. The summed E-state index contributed by atoms with van der Waals surface area (Å²) in [4.78, 5) is 49.3. The molecule has 1 aliphatic heterocycles. The number of carbonyl (C=O) groups is 4. The molecule has 0 saturated carbocycles. The molecule has 0 radical (unpaired) electrons. The Morgan fingerprint density at radius 3 is 1.04 bits per heavy atom. The Bertz CT molecular complexity index is 631. The fraction of sp³-hybridized carbons (Fsp3) is 0.500. The van der Waals surface area contributed by atoms with E-state index in [1.165, 1.54) is 0 Å². The van der Waals surface area contributed by atoms with Gasteiger partial charge in [0.25, 0.3) is 0 Å². The van der Waals surface area contributed by atoms with Crippen LogP contribution in [0, 0.1) is 11.8 Å². The average Bonchev–Trinajstić information content (AvgIpc) is 3.45. The first kappa shape index (κ1) is 17.2. The van der Waals surface area contributed by atoms with Gasteiger partial charge in [-0.2, -0.15) is 0 Å². The minimum Gasteiger partial charge on any atom is -0.466 e. The number of hydrogen-bond donors (Lipinski definition) is 0. The molecule has 4 rings (SSSR count). The van der Waals surface area contributed by atoms with Crippen molar-refractivity contribution in [2.75, 3.05) is 28.4 Å². The lowest BCUT2D eigenvalue weighted by Gasteiger charge is -2.36. The number of hydrogen-bond acceptors (Lipinski definition) is 9. The quantitative estimate of drug-likeness (QED) is 0.367. The van der Waals surface area contributed by atoms with Crippen LogP contribution in [-0.2, 0) is 42.9 Å². The summed E-state index contributed by atoms with van der Waals surface area (Å²) in [6, 6.07) is 0. The summed E-state index contributed by atoms with van der Waals surface area (Å²) in [6.45, 7) is 0. The molecular weight excluding hydrogens is 336 g/mol. The van der Waals surface area contributed by atoms with E-state index in [9.17, 15) is 19.2 Å². The van der Waals surface area contributed by atoms with Crippen LogP contribution in [0.15, 0.2) is 22.3 Å². The monoisotopic (exact) mass is 352 g/mol. The van der Waals surface area contributed by atoms with Gasteiger partial charge in [-0.05, 0) is 0 Å². The lowest BCUT2D eigenvalue weighted by molar-refractivity contribution is -0.143. The molecule has 0 amide bonds. The number of esters is 4. The van der Waals surface area contributed by atoms with Gasteiger partial charge in [0.1, 0.15) is 0 Å². The second-order valence-electron chi connectivity index (χ2n) is 5.64. The van der Waals surface area contributed by atoms with Gasteiger partial charge in [0.15, 0.2) is 0 Å². The van der Waals surface area contributed by atoms with Crippen LogP contribution in [0.25, 0.3) is 0 Å². The fourth-order valence-electron chi connectivity index (χ4n) is 3.68. The topological polar surface area (TPSA) is 118 Å². The molecule has 1 fully saturated rings. The van der Waals surface area contributed by atoms with Crippen LogP contribution in [0.5, 0.6) is 0 Å². The summed E-state index contributed by atoms with van der Waals surface area (Å²) < 4.78 is 24.6. The molecule has 9 nitrogen and oxygen atoms in total. The van der Waals surface area contributed by atoms with Crippen molar-refractivity contribution in [1.29, 1.82) is 0 Å². The van der Waals surface area contributed by atoms with E-state index in [1.54, 1.807) is 0 Å². The molecule has 1 heterocycles. The third-order valence-electron chi connectivity index (χ3n) is 4.66. The first-order valence-electron chi connectivity index (χ1n) is 7.39. The maximum absolute atomic E-state index is 12.3. The van der Waals surface area contributed by atoms with Crippen molar-refractivity contribution in [2.45, 2.75) is 12.2 Å². The normalized spacial score (nSPS) is 29.0. The molecule has 9 heteroatoms. The lowest BCUT2D eigenvalue weighted by atomic mass is 9.63. The van der Waals surface area contributed by atoms with E-state index in [0.29, 0.717) is 0 Å². The molecule has 0 aromatic rings. The lowest BCUT2D eigenvalue weighted by Crippen LogP contribution is -2.45. The number of epoxide rings is 1. The smallest absolute Gasteiger partial charge is 0.335 e. The predicted octanol–water partition coefficient (Wildman–Crippen LogP) is -0.701. The van der Waals surface area contributed by atoms with Crippen LogP contribution < -0.4 is 0 Å². The van der Waals surface area contributed by atoms with Gasteiger partial charge < -0.3 is 23.7 Å². The summed E-state index contributed by atoms with van der Waals surface area (Å²) >= 11 is 0. The van der Waals surface area contributed by atoms with Crippen molar-refractivity contribution >= 4 is 23.9 Å². The molecule has 0 spiro atoms. The molecule has 4 aliphatic rings. The number of carbonyl (C=O) groups excluding carboxylic acids is 4.